The molecule has 0 bridgehead atoms. The highest BCUT2D eigenvalue weighted by atomic mass is 15.1. The predicted octanol–water partition coefficient (Wildman–Crippen LogP) is 3.37. The zero-order valence-electron chi connectivity index (χ0n) is 14.2. The third kappa shape index (κ3) is 4.08. The second-order valence-corrected chi connectivity index (χ2v) is 6.40. The van der Waals surface area contributed by atoms with Crippen LogP contribution in [0.2, 0.25) is 0 Å². The largest absolute Gasteiger partial charge is 0.370 e. The zero-order valence-corrected chi connectivity index (χ0v) is 14.2. The molecule has 0 radical (unpaired) electrons. The van der Waals surface area contributed by atoms with Gasteiger partial charge in [-0.05, 0) is 56.4 Å². The fourth-order valence-corrected chi connectivity index (χ4v) is 3.22. The highest BCUT2D eigenvalue weighted by Crippen LogP contribution is 2.22. The van der Waals surface area contributed by atoms with Crippen LogP contribution in [0.1, 0.15) is 41.8 Å². The van der Waals surface area contributed by atoms with Crippen LogP contribution >= 0.6 is 0 Å². The molecule has 0 aromatic carbocycles. The maximum Gasteiger partial charge on any atom is 0.0774 e. The summed E-state index contributed by atoms with van der Waals surface area (Å²) in [7, 11) is 0. The maximum absolute atomic E-state index is 4.60. The minimum Gasteiger partial charge on any atom is -0.370 e. The van der Waals surface area contributed by atoms with Crippen LogP contribution in [0, 0.1) is 13.8 Å². The monoisotopic (exact) mass is 310 g/mol. The lowest BCUT2D eigenvalue weighted by molar-refractivity contribution is 0.572. The summed E-state index contributed by atoms with van der Waals surface area (Å²) < 4.78 is 0. The van der Waals surface area contributed by atoms with Crippen molar-refractivity contribution in [2.24, 2.45) is 0 Å². The lowest BCUT2D eigenvalue weighted by atomic mass is 10.1. The number of aromatic nitrogens is 2. The van der Waals surface area contributed by atoms with E-state index >= 15 is 0 Å². The van der Waals surface area contributed by atoms with Crippen LogP contribution in [0.15, 0.2) is 30.6 Å². The van der Waals surface area contributed by atoms with Crippen LogP contribution in [0.25, 0.3) is 0 Å². The predicted molar refractivity (Wildman–Crippen MR) is 94.6 cm³/mol. The van der Waals surface area contributed by atoms with Gasteiger partial charge < -0.3 is 10.2 Å². The molecule has 1 aliphatic heterocycles. The van der Waals surface area contributed by atoms with Crippen molar-refractivity contribution in [1.82, 2.24) is 15.3 Å². The molecule has 122 valence electrons. The van der Waals surface area contributed by atoms with Crippen molar-refractivity contribution in [2.75, 3.05) is 18.0 Å². The summed E-state index contributed by atoms with van der Waals surface area (Å²) in [6.45, 7) is 8.06. The lowest BCUT2D eigenvalue weighted by Crippen LogP contribution is -2.31. The fourth-order valence-electron chi connectivity index (χ4n) is 3.22. The van der Waals surface area contributed by atoms with Gasteiger partial charge in [0, 0.05) is 38.6 Å². The molecular weight excluding hydrogens is 284 g/mol. The Morgan fingerprint density at radius 2 is 1.83 bits per heavy atom. The van der Waals surface area contributed by atoms with Gasteiger partial charge in [0.05, 0.1) is 17.1 Å². The Bertz CT molecular complexity index is 648. The summed E-state index contributed by atoms with van der Waals surface area (Å²) in [4.78, 5) is 11.6. The number of rotatable bonds is 5. The molecule has 3 rings (SSSR count). The Labute approximate surface area is 139 Å². The summed E-state index contributed by atoms with van der Waals surface area (Å²) >= 11 is 0. The third-order valence-corrected chi connectivity index (χ3v) is 4.47. The molecule has 0 atom stereocenters. The number of hydrogen-bond donors (Lipinski definition) is 1. The topological polar surface area (TPSA) is 41.1 Å². The highest BCUT2D eigenvalue weighted by Gasteiger charge is 2.14. The Hall–Kier alpha value is -1.94. The van der Waals surface area contributed by atoms with Gasteiger partial charge in [0.25, 0.3) is 0 Å². The minimum atomic E-state index is 0.779. The summed E-state index contributed by atoms with van der Waals surface area (Å²) in [6, 6.07) is 6.42. The van der Waals surface area contributed by atoms with Crippen molar-refractivity contribution in [3.8, 4) is 0 Å². The SMILES string of the molecule is Cc1cnc(CNCc2ncccc2N2CCCCC2)c(C)c1. The van der Waals surface area contributed by atoms with E-state index in [-0.39, 0.29) is 0 Å². The Kier molecular flexibility index (Phi) is 5.23. The van der Waals surface area contributed by atoms with E-state index in [9.17, 15) is 0 Å². The Morgan fingerprint density at radius 1 is 1.04 bits per heavy atom. The van der Waals surface area contributed by atoms with E-state index in [0.717, 1.165) is 37.6 Å². The van der Waals surface area contributed by atoms with Gasteiger partial charge in [-0.1, -0.05) is 6.07 Å². The molecule has 1 fully saturated rings. The molecule has 1 saturated heterocycles. The van der Waals surface area contributed by atoms with Crippen LogP contribution in [-0.2, 0) is 13.1 Å². The van der Waals surface area contributed by atoms with Gasteiger partial charge >= 0.3 is 0 Å². The van der Waals surface area contributed by atoms with Crippen LogP contribution < -0.4 is 10.2 Å². The Balaban J connectivity index is 1.64. The molecule has 23 heavy (non-hydrogen) atoms. The summed E-state index contributed by atoms with van der Waals surface area (Å²) in [5.74, 6) is 0. The van der Waals surface area contributed by atoms with E-state index in [1.807, 2.05) is 18.5 Å². The molecule has 4 nitrogen and oxygen atoms in total. The minimum absolute atomic E-state index is 0.779. The summed E-state index contributed by atoms with van der Waals surface area (Å²) in [6.07, 6.45) is 7.75. The van der Waals surface area contributed by atoms with Gasteiger partial charge in [0.1, 0.15) is 0 Å². The normalized spacial score (nSPS) is 15.0. The molecule has 0 amide bonds. The van der Waals surface area contributed by atoms with E-state index in [0.29, 0.717) is 0 Å². The van der Waals surface area contributed by atoms with E-state index < -0.39 is 0 Å². The van der Waals surface area contributed by atoms with Crippen LogP contribution in [-0.4, -0.2) is 23.1 Å². The average molecular weight is 310 g/mol. The molecule has 2 aromatic heterocycles. The molecule has 3 heterocycles. The van der Waals surface area contributed by atoms with Gasteiger partial charge in [0.2, 0.25) is 0 Å². The van der Waals surface area contributed by atoms with Crippen molar-refractivity contribution < 1.29 is 0 Å². The molecule has 2 aromatic rings. The number of anilines is 1. The lowest BCUT2D eigenvalue weighted by Gasteiger charge is -2.30. The van der Waals surface area contributed by atoms with Crippen LogP contribution in [0.5, 0.6) is 0 Å². The molecule has 0 aliphatic carbocycles. The smallest absolute Gasteiger partial charge is 0.0774 e. The first kappa shape index (κ1) is 15.9. The zero-order chi connectivity index (χ0) is 16.1. The molecule has 0 unspecified atom stereocenters. The van der Waals surface area contributed by atoms with E-state index in [1.54, 1.807) is 0 Å². The second-order valence-electron chi connectivity index (χ2n) is 6.40. The number of nitrogens with zero attached hydrogens (tertiary/aromatic N) is 3. The first-order valence-electron chi connectivity index (χ1n) is 8.56. The first-order chi connectivity index (χ1) is 11.2. The molecule has 0 spiro atoms. The highest BCUT2D eigenvalue weighted by molar-refractivity contribution is 5.50. The molecule has 1 aliphatic rings. The van der Waals surface area contributed by atoms with Crippen molar-refractivity contribution >= 4 is 5.69 Å². The third-order valence-electron chi connectivity index (χ3n) is 4.47. The molecule has 4 heteroatoms. The van der Waals surface area contributed by atoms with Crippen molar-refractivity contribution in [2.45, 2.75) is 46.2 Å². The number of nitrogens with one attached hydrogen (secondary N) is 1. The number of pyridine rings is 2. The van der Waals surface area contributed by atoms with Gasteiger partial charge in [0.15, 0.2) is 0 Å². The second kappa shape index (κ2) is 7.55. The van der Waals surface area contributed by atoms with E-state index in [2.05, 4.69) is 46.2 Å². The van der Waals surface area contributed by atoms with Crippen LogP contribution in [0.4, 0.5) is 5.69 Å². The van der Waals surface area contributed by atoms with Gasteiger partial charge in [-0.2, -0.15) is 0 Å². The molecule has 0 saturated carbocycles. The van der Waals surface area contributed by atoms with E-state index in [4.69, 9.17) is 0 Å². The number of aryl methyl sites for hydroxylation is 2. The van der Waals surface area contributed by atoms with Gasteiger partial charge in [-0.25, -0.2) is 0 Å². The molecular formula is C19H26N4. The van der Waals surface area contributed by atoms with Crippen molar-refractivity contribution in [3.63, 3.8) is 0 Å². The first-order valence-corrected chi connectivity index (χ1v) is 8.56. The maximum atomic E-state index is 4.60. The quantitative estimate of drug-likeness (QED) is 0.919. The summed E-state index contributed by atoms with van der Waals surface area (Å²) in [5.41, 5.74) is 6.00. The van der Waals surface area contributed by atoms with E-state index in [1.165, 1.54) is 36.1 Å². The Morgan fingerprint density at radius 3 is 2.61 bits per heavy atom. The summed E-state index contributed by atoms with van der Waals surface area (Å²) in [5, 5.41) is 3.51. The van der Waals surface area contributed by atoms with Gasteiger partial charge in [-0.3, -0.25) is 9.97 Å². The van der Waals surface area contributed by atoms with Crippen LogP contribution in [0.3, 0.4) is 0 Å². The standard InChI is InChI=1S/C19H26N4/c1-15-11-16(2)17(22-12-15)13-20-14-18-19(7-6-8-21-18)23-9-4-3-5-10-23/h6-8,11-12,20H,3-5,9-10,13-14H2,1-2H3. The van der Waals surface area contributed by atoms with Crippen molar-refractivity contribution in [1.29, 1.82) is 0 Å². The van der Waals surface area contributed by atoms with Gasteiger partial charge in [-0.15, -0.1) is 0 Å². The number of hydrogen-bond acceptors (Lipinski definition) is 4. The van der Waals surface area contributed by atoms with Crippen molar-refractivity contribution in [3.05, 3.63) is 53.1 Å². The fraction of sp³-hybridized carbons (Fsp3) is 0.474. The molecule has 1 N–H and O–H groups in total. The number of piperidine rings is 1. The average Bonchev–Trinajstić information content (AvgIpc) is 2.58.